The molecule has 0 amide bonds. The SMILES string of the molecule is CCCC(c1ccc2nc(Br)sc2c1)n1cncn1. The van der Waals surface area contributed by atoms with Crippen LogP contribution >= 0.6 is 27.3 Å². The summed E-state index contributed by atoms with van der Waals surface area (Å²) in [5.74, 6) is 0. The molecule has 1 atom stereocenters. The van der Waals surface area contributed by atoms with Crippen LogP contribution in [0.1, 0.15) is 31.4 Å². The van der Waals surface area contributed by atoms with E-state index in [1.54, 1.807) is 24.0 Å². The molecular formula is C13H13BrN4S. The minimum absolute atomic E-state index is 0.248. The summed E-state index contributed by atoms with van der Waals surface area (Å²) in [5, 5.41) is 4.28. The third-order valence-corrected chi connectivity index (χ3v) is 4.56. The molecule has 0 bridgehead atoms. The first-order chi connectivity index (χ1) is 9.28. The summed E-state index contributed by atoms with van der Waals surface area (Å²) in [6.07, 6.45) is 5.53. The number of nitrogens with zero attached hydrogens (tertiary/aromatic N) is 4. The molecule has 6 heteroatoms. The van der Waals surface area contributed by atoms with Crippen molar-refractivity contribution in [2.24, 2.45) is 0 Å². The Morgan fingerprint density at radius 3 is 3.05 bits per heavy atom. The van der Waals surface area contributed by atoms with E-state index >= 15 is 0 Å². The van der Waals surface area contributed by atoms with Crippen molar-refractivity contribution in [1.82, 2.24) is 19.7 Å². The van der Waals surface area contributed by atoms with Crippen LogP contribution in [0.5, 0.6) is 0 Å². The molecule has 3 aromatic rings. The highest BCUT2D eigenvalue weighted by Crippen LogP contribution is 2.30. The number of hydrogen-bond donors (Lipinski definition) is 0. The summed E-state index contributed by atoms with van der Waals surface area (Å²) >= 11 is 5.09. The summed E-state index contributed by atoms with van der Waals surface area (Å²) in [5.41, 5.74) is 2.30. The Morgan fingerprint density at radius 2 is 2.32 bits per heavy atom. The van der Waals surface area contributed by atoms with Crippen LogP contribution in [0.2, 0.25) is 0 Å². The molecular weight excluding hydrogens is 324 g/mol. The van der Waals surface area contributed by atoms with Crippen molar-refractivity contribution >= 4 is 37.5 Å². The van der Waals surface area contributed by atoms with E-state index in [1.807, 2.05) is 4.68 Å². The van der Waals surface area contributed by atoms with Gasteiger partial charge in [0.1, 0.15) is 12.7 Å². The zero-order valence-corrected chi connectivity index (χ0v) is 12.9. The maximum atomic E-state index is 4.42. The van der Waals surface area contributed by atoms with E-state index in [0.717, 1.165) is 22.3 Å². The van der Waals surface area contributed by atoms with Crippen LogP contribution in [0.25, 0.3) is 10.2 Å². The van der Waals surface area contributed by atoms with Crippen LogP contribution in [-0.4, -0.2) is 19.7 Å². The van der Waals surface area contributed by atoms with E-state index in [9.17, 15) is 0 Å². The predicted molar refractivity (Wildman–Crippen MR) is 80.4 cm³/mol. The fourth-order valence-electron chi connectivity index (χ4n) is 2.22. The Balaban J connectivity index is 2.04. The molecule has 19 heavy (non-hydrogen) atoms. The van der Waals surface area contributed by atoms with Gasteiger partial charge in [-0.3, -0.25) is 0 Å². The zero-order valence-electron chi connectivity index (χ0n) is 10.5. The molecule has 0 spiro atoms. The van der Waals surface area contributed by atoms with Crippen LogP contribution in [0.4, 0.5) is 0 Å². The topological polar surface area (TPSA) is 43.6 Å². The molecule has 0 saturated carbocycles. The molecule has 3 rings (SSSR count). The highest BCUT2D eigenvalue weighted by molar-refractivity contribution is 9.11. The minimum atomic E-state index is 0.248. The van der Waals surface area contributed by atoms with Gasteiger partial charge in [-0.1, -0.05) is 19.4 Å². The van der Waals surface area contributed by atoms with Crippen molar-refractivity contribution in [3.8, 4) is 0 Å². The van der Waals surface area contributed by atoms with Gasteiger partial charge in [0.2, 0.25) is 0 Å². The molecule has 1 unspecified atom stereocenters. The fraction of sp³-hybridized carbons (Fsp3) is 0.308. The van der Waals surface area contributed by atoms with Crippen molar-refractivity contribution in [1.29, 1.82) is 0 Å². The Labute approximate surface area is 123 Å². The van der Waals surface area contributed by atoms with E-state index in [1.165, 1.54) is 10.3 Å². The predicted octanol–water partition coefficient (Wildman–Crippen LogP) is 4.04. The summed E-state index contributed by atoms with van der Waals surface area (Å²) in [6, 6.07) is 6.67. The molecule has 2 heterocycles. The van der Waals surface area contributed by atoms with E-state index < -0.39 is 0 Å². The lowest BCUT2D eigenvalue weighted by molar-refractivity contribution is 0.483. The van der Waals surface area contributed by atoms with E-state index in [0.29, 0.717) is 0 Å². The number of thiazole rings is 1. The molecule has 0 aliphatic rings. The number of hydrogen-bond acceptors (Lipinski definition) is 4. The Kier molecular flexibility index (Phi) is 3.61. The first-order valence-corrected chi connectivity index (χ1v) is 7.79. The number of halogens is 1. The van der Waals surface area contributed by atoms with Crippen LogP contribution in [0.15, 0.2) is 34.8 Å². The molecule has 4 nitrogen and oxygen atoms in total. The molecule has 0 aliphatic heterocycles. The lowest BCUT2D eigenvalue weighted by Gasteiger charge is -2.16. The Morgan fingerprint density at radius 1 is 1.42 bits per heavy atom. The molecule has 0 N–H and O–H groups in total. The number of rotatable bonds is 4. The van der Waals surface area contributed by atoms with Crippen LogP contribution in [-0.2, 0) is 0 Å². The van der Waals surface area contributed by atoms with Crippen molar-refractivity contribution in [2.45, 2.75) is 25.8 Å². The molecule has 1 aromatic carbocycles. The highest BCUT2D eigenvalue weighted by Gasteiger charge is 2.14. The average molecular weight is 337 g/mol. The van der Waals surface area contributed by atoms with Gasteiger partial charge in [0.15, 0.2) is 3.92 Å². The van der Waals surface area contributed by atoms with Gasteiger partial charge in [0.25, 0.3) is 0 Å². The molecule has 2 aromatic heterocycles. The second-order valence-corrected chi connectivity index (χ2v) is 6.68. The lowest BCUT2D eigenvalue weighted by Crippen LogP contribution is -2.11. The van der Waals surface area contributed by atoms with Gasteiger partial charge in [-0.2, -0.15) is 5.10 Å². The Bertz CT molecular complexity index is 677. The number of aromatic nitrogens is 4. The number of benzene rings is 1. The summed E-state index contributed by atoms with van der Waals surface area (Å²) < 4.78 is 4.05. The lowest BCUT2D eigenvalue weighted by atomic mass is 10.0. The second kappa shape index (κ2) is 5.38. The maximum Gasteiger partial charge on any atom is 0.160 e. The van der Waals surface area contributed by atoms with Crippen molar-refractivity contribution in [3.05, 3.63) is 40.3 Å². The second-order valence-electron chi connectivity index (χ2n) is 4.37. The van der Waals surface area contributed by atoms with Crippen molar-refractivity contribution < 1.29 is 0 Å². The van der Waals surface area contributed by atoms with Gasteiger partial charge in [0, 0.05) is 0 Å². The normalized spacial score (nSPS) is 12.9. The molecule has 0 radical (unpaired) electrons. The first-order valence-electron chi connectivity index (χ1n) is 6.18. The van der Waals surface area contributed by atoms with Crippen LogP contribution < -0.4 is 0 Å². The smallest absolute Gasteiger partial charge is 0.160 e. The van der Waals surface area contributed by atoms with Gasteiger partial charge >= 0.3 is 0 Å². The largest absolute Gasteiger partial charge is 0.245 e. The average Bonchev–Trinajstić information content (AvgIpc) is 3.02. The van der Waals surface area contributed by atoms with E-state index in [-0.39, 0.29) is 6.04 Å². The summed E-state index contributed by atoms with van der Waals surface area (Å²) in [4.78, 5) is 8.47. The van der Waals surface area contributed by atoms with Crippen molar-refractivity contribution in [3.63, 3.8) is 0 Å². The molecule has 98 valence electrons. The highest BCUT2D eigenvalue weighted by atomic mass is 79.9. The minimum Gasteiger partial charge on any atom is -0.245 e. The van der Waals surface area contributed by atoms with Gasteiger partial charge < -0.3 is 0 Å². The quantitative estimate of drug-likeness (QED) is 0.722. The van der Waals surface area contributed by atoms with Gasteiger partial charge in [-0.15, -0.1) is 11.3 Å². The van der Waals surface area contributed by atoms with Gasteiger partial charge in [0.05, 0.1) is 16.3 Å². The first kappa shape index (κ1) is 12.7. The standard InChI is InChI=1S/C13H13BrN4S/c1-2-3-11(18-8-15-7-16-18)9-4-5-10-12(6-9)19-13(14)17-10/h4-8,11H,2-3H2,1H3. The molecule has 0 fully saturated rings. The summed E-state index contributed by atoms with van der Waals surface area (Å²) in [6.45, 7) is 2.19. The van der Waals surface area contributed by atoms with Gasteiger partial charge in [-0.25, -0.2) is 14.6 Å². The van der Waals surface area contributed by atoms with Crippen LogP contribution in [0, 0.1) is 0 Å². The van der Waals surface area contributed by atoms with Gasteiger partial charge in [-0.05, 0) is 40.0 Å². The monoisotopic (exact) mass is 336 g/mol. The maximum absolute atomic E-state index is 4.42. The molecule has 0 saturated heterocycles. The van der Waals surface area contributed by atoms with E-state index in [4.69, 9.17) is 0 Å². The van der Waals surface area contributed by atoms with Crippen molar-refractivity contribution in [2.75, 3.05) is 0 Å². The zero-order chi connectivity index (χ0) is 13.2. The van der Waals surface area contributed by atoms with E-state index in [2.05, 4.69) is 56.1 Å². The number of fused-ring (bicyclic) bond motifs is 1. The van der Waals surface area contributed by atoms with Crippen LogP contribution in [0.3, 0.4) is 0 Å². The summed E-state index contributed by atoms with van der Waals surface area (Å²) in [7, 11) is 0. The molecule has 0 aliphatic carbocycles. The third kappa shape index (κ3) is 2.55. The third-order valence-electron chi connectivity index (χ3n) is 3.09. The fourth-order valence-corrected chi connectivity index (χ4v) is 3.68. The Hall–Kier alpha value is -1.27.